The summed E-state index contributed by atoms with van der Waals surface area (Å²) in [5.41, 5.74) is 15.2. The molecule has 1 aliphatic carbocycles. The van der Waals surface area contributed by atoms with E-state index in [0.717, 1.165) is 33.2 Å². The van der Waals surface area contributed by atoms with Crippen LogP contribution in [0.15, 0.2) is 176 Å². The Morgan fingerprint density at radius 2 is 1.02 bits per heavy atom. The molecule has 0 unspecified atom stereocenters. The molecule has 0 spiro atoms. The van der Waals surface area contributed by atoms with Crippen LogP contribution in [0.25, 0.3) is 103 Å². The van der Waals surface area contributed by atoms with Crippen LogP contribution >= 0.6 is 11.3 Å². The van der Waals surface area contributed by atoms with Crippen LogP contribution in [0.5, 0.6) is 0 Å². The molecule has 12 rings (SSSR count). The number of para-hydroxylation sites is 2. The van der Waals surface area contributed by atoms with E-state index in [1.54, 1.807) is 0 Å². The number of fused-ring (bicyclic) bond motifs is 10. The highest BCUT2D eigenvalue weighted by atomic mass is 32.1. The SMILES string of the molecule is CC1(C)c2ccccc2-c2ccc(-c3nc(-n4c5ccccc5c5cc(-c6ccc(-c7ccc8sc9ccccc9c8c7)cc6)ccc54)nc4ccccc34)cc21. The number of aromatic nitrogens is 3. The Hall–Kier alpha value is -6.88. The second-order valence-corrected chi connectivity index (χ2v) is 16.9. The third-order valence-corrected chi connectivity index (χ3v) is 13.4. The van der Waals surface area contributed by atoms with Gasteiger partial charge in [0.2, 0.25) is 5.95 Å². The van der Waals surface area contributed by atoms with E-state index < -0.39 is 0 Å². The molecule has 0 saturated carbocycles. The highest BCUT2D eigenvalue weighted by Crippen LogP contribution is 2.50. The van der Waals surface area contributed by atoms with Gasteiger partial charge in [0.1, 0.15) is 0 Å². The number of benzene rings is 8. The summed E-state index contributed by atoms with van der Waals surface area (Å²) >= 11 is 1.86. The standard InChI is InChI=1S/C53H35N3S/c1-53(2)44-15-7-3-11-37(44)38-26-23-36(31-45(38)53)51-41-14-4-8-16-46(41)54-52(55-51)56-47-17-9-5-12-39(47)42-29-34(24-27-48(42)56)32-19-21-33(22-20-32)35-25-28-50-43(30-35)40-13-6-10-18-49(40)57-50/h3-31H,1-2H3. The van der Waals surface area contributed by atoms with Crippen molar-refractivity contribution in [2.45, 2.75) is 19.3 Å². The minimum atomic E-state index is -0.105. The third-order valence-electron chi connectivity index (χ3n) is 12.2. The summed E-state index contributed by atoms with van der Waals surface area (Å²) in [6, 6.07) is 64.1. The predicted octanol–water partition coefficient (Wildman–Crippen LogP) is 14.4. The summed E-state index contributed by atoms with van der Waals surface area (Å²) in [6.45, 7) is 4.66. The van der Waals surface area contributed by atoms with E-state index in [1.807, 2.05) is 11.3 Å². The zero-order valence-corrected chi connectivity index (χ0v) is 32.3. The van der Waals surface area contributed by atoms with Crippen LogP contribution in [0, 0.1) is 0 Å². The van der Waals surface area contributed by atoms with E-state index >= 15 is 0 Å². The van der Waals surface area contributed by atoms with Crippen molar-refractivity contribution in [3.8, 4) is 50.6 Å². The first-order chi connectivity index (χ1) is 28.0. The fraction of sp³-hybridized carbons (Fsp3) is 0.0566. The largest absolute Gasteiger partial charge is 0.278 e. The van der Waals surface area contributed by atoms with Crippen LogP contribution in [0.1, 0.15) is 25.0 Å². The average molecular weight is 746 g/mol. The van der Waals surface area contributed by atoms with Gasteiger partial charge < -0.3 is 0 Å². The molecule has 1 aliphatic rings. The fourth-order valence-corrected chi connectivity index (χ4v) is 10.5. The fourth-order valence-electron chi connectivity index (χ4n) is 9.36. The second kappa shape index (κ2) is 12.1. The van der Waals surface area contributed by atoms with Gasteiger partial charge in [0.15, 0.2) is 0 Å². The number of rotatable bonds is 4. The van der Waals surface area contributed by atoms with E-state index in [0.29, 0.717) is 5.95 Å². The van der Waals surface area contributed by atoms with Gasteiger partial charge in [-0.25, -0.2) is 9.97 Å². The van der Waals surface area contributed by atoms with Gasteiger partial charge in [-0.05, 0) is 93.0 Å². The molecular weight excluding hydrogens is 711 g/mol. The first kappa shape index (κ1) is 32.4. The lowest BCUT2D eigenvalue weighted by Gasteiger charge is -2.22. The van der Waals surface area contributed by atoms with E-state index in [9.17, 15) is 0 Å². The van der Waals surface area contributed by atoms with E-state index in [1.165, 1.54) is 75.5 Å². The highest BCUT2D eigenvalue weighted by Gasteiger charge is 2.35. The van der Waals surface area contributed by atoms with Crippen molar-refractivity contribution in [1.82, 2.24) is 14.5 Å². The molecule has 8 aromatic carbocycles. The summed E-state index contributed by atoms with van der Waals surface area (Å²) in [4.78, 5) is 10.7. The van der Waals surface area contributed by atoms with Crippen LogP contribution < -0.4 is 0 Å². The van der Waals surface area contributed by atoms with Gasteiger partial charge in [0.25, 0.3) is 0 Å². The van der Waals surface area contributed by atoms with Gasteiger partial charge in [-0.2, -0.15) is 0 Å². The lowest BCUT2D eigenvalue weighted by atomic mass is 9.82. The molecule has 0 fully saturated rings. The number of hydrogen-bond acceptors (Lipinski definition) is 3. The molecular formula is C53H35N3S. The Kier molecular flexibility index (Phi) is 6.85. The van der Waals surface area contributed by atoms with Crippen molar-refractivity contribution in [1.29, 1.82) is 0 Å². The molecule has 0 aliphatic heterocycles. The molecule has 4 heteroatoms. The highest BCUT2D eigenvalue weighted by molar-refractivity contribution is 7.25. The first-order valence-corrected chi connectivity index (χ1v) is 20.4. The number of nitrogens with zero attached hydrogens (tertiary/aromatic N) is 3. The lowest BCUT2D eigenvalue weighted by molar-refractivity contribution is 0.660. The Morgan fingerprint density at radius 3 is 1.86 bits per heavy atom. The molecule has 11 aromatic rings. The number of thiophene rings is 1. The predicted molar refractivity (Wildman–Crippen MR) is 241 cm³/mol. The van der Waals surface area contributed by atoms with Gasteiger partial charge >= 0.3 is 0 Å². The van der Waals surface area contributed by atoms with Gasteiger partial charge in [-0.3, -0.25) is 4.57 Å². The van der Waals surface area contributed by atoms with Crippen molar-refractivity contribution in [3.63, 3.8) is 0 Å². The molecule has 3 heterocycles. The normalized spacial score (nSPS) is 13.2. The minimum Gasteiger partial charge on any atom is -0.278 e. The van der Waals surface area contributed by atoms with Gasteiger partial charge in [-0.15, -0.1) is 11.3 Å². The van der Waals surface area contributed by atoms with Gasteiger partial charge in [0.05, 0.1) is 22.2 Å². The van der Waals surface area contributed by atoms with Gasteiger partial charge in [-0.1, -0.05) is 141 Å². The molecule has 0 amide bonds. The summed E-state index contributed by atoms with van der Waals surface area (Å²) in [6.07, 6.45) is 0. The minimum absolute atomic E-state index is 0.105. The van der Waals surface area contributed by atoms with E-state index in [-0.39, 0.29) is 5.41 Å². The summed E-state index contributed by atoms with van der Waals surface area (Å²) < 4.78 is 4.90. The maximum absolute atomic E-state index is 5.44. The zero-order valence-electron chi connectivity index (χ0n) is 31.5. The summed E-state index contributed by atoms with van der Waals surface area (Å²) in [7, 11) is 0. The first-order valence-electron chi connectivity index (χ1n) is 19.6. The van der Waals surface area contributed by atoms with Crippen molar-refractivity contribution in [2.24, 2.45) is 0 Å². The smallest absolute Gasteiger partial charge is 0.235 e. The quantitative estimate of drug-likeness (QED) is 0.180. The summed E-state index contributed by atoms with van der Waals surface area (Å²) in [5.74, 6) is 0.672. The average Bonchev–Trinajstić information content (AvgIpc) is 3.88. The van der Waals surface area contributed by atoms with Crippen LogP contribution in [0.2, 0.25) is 0 Å². The Balaban J connectivity index is 0.969. The van der Waals surface area contributed by atoms with Crippen LogP contribution in [-0.2, 0) is 5.41 Å². The summed E-state index contributed by atoms with van der Waals surface area (Å²) in [5, 5.41) is 6.05. The molecule has 57 heavy (non-hydrogen) atoms. The molecule has 3 nitrogen and oxygen atoms in total. The number of hydrogen-bond donors (Lipinski definition) is 0. The molecule has 0 N–H and O–H groups in total. The second-order valence-electron chi connectivity index (χ2n) is 15.8. The van der Waals surface area contributed by atoms with Crippen LogP contribution in [0.3, 0.4) is 0 Å². The zero-order chi connectivity index (χ0) is 37.8. The van der Waals surface area contributed by atoms with Crippen molar-refractivity contribution >= 4 is 64.2 Å². The molecule has 0 saturated heterocycles. The van der Waals surface area contributed by atoms with Crippen molar-refractivity contribution < 1.29 is 0 Å². The molecule has 0 bridgehead atoms. The molecule has 0 atom stereocenters. The van der Waals surface area contributed by atoms with E-state index in [2.05, 4.69) is 194 Å². The lowest BCUT2D eigenvalue weighted by Crippen LogP contribution is -2.15. The Labute approximate surface area is 334 Å². The van der Waals surface area contributed by atoms with Crippen LogP contribution in [-0.4, -0.2) is 14.5 Å². The third kappa shape index (κ3) is 4.84. The van der Waals surface area contributed by atoms with Crippen LogP contribution in [0.4, 0.5) is 0 Å². The van der Waals surface area contributed by atoms with Crippen molar-refractivity contribution in [3.05, 3.63) is 187 Å². The monoisotopic (exact) mass is 745 g/mol. The van der Waals surface area contributed by atoms with Gasteiger partial charge in [0, 0.05) is 47.3 Å². The maximum atomic E-state index is 5.44. The van der Waals surface area contributed by atoms with E-state index in [4.69, 9.17) is 9.97 Å². The molecule has 268 valence electrons. The Morgan fingerprint density at radius 1 is 0.421 bits per heavy atom. The topological polar surface area (TPSA) is 30.7 Å². The Bertz CT molecular complexity index is 3440. The van der Waals surface area contributed by atoms with Crippen molar-refractivity contribution in [2.75, 3.05) is 0 Å². The maximum Gasteiger partial charge on any atom is 0.235 e. The molecule has 3 aromatic heterocycles. The molecule has 0 radical (unpaired) electrons.